The maximum Gasteiger partial charge on any atom is 0.253 e. The maximum atomic E-state index is 12.2. The second-order valence-corrected chi connectivity index (χ2v) is 6.04. The molecule has 0 bridgehead atoms. The van der Waals surface area contributed by atoms with Gasteiger partial charge in [-0.2, -0.15) is 0 Å². The highest BCUT2D eigenvalue weighted by molar-refractivity contribution is 6.13. The summed E-state index contributed by atoms with van der Waals surface area (Å²) in [7, 11) is 0. The standard InChI is InChI=1S/C16H23N3O5/c1-9(2)15(16(24)17-10(3)11(4)20)18-12(21)7-8-19-13(22)5-6-14(19)23/h5-6,9-10,15H,7-8H2,1-4H3,(H,17,24)(H,18,21)/t10-,15?/m0/s1. The molecule has 0 saturated heterocycles. The molecule has 1 aliphatic heterocycles. The van der Waals surface area contributed by atoms with Crippen LogP contribution in [0.3, 0.4) is 0 Å². The predicted octanol–water partition coefficient (Wildman–Crippen LogP) is -0.464. The number of nitrogens with zero attached hydrogens (tertiary/aromatic N) is 1. The van der Waals surface area contributed by atoms with E-state index in [4.69, 9.17) is 0 Å². The van der Waals surface area contributed by atoms with Crippen LogP contribution < -0.4 is 10.6 Å². The van der Waals surface area contributed by atoms with Crippen molar-refractivity contribution in [1.29, 1.82) is 0 Å². The lowest BCUT2D eigenvalue weighted by molar-refractivity contribution is -0.137. The Hall–Kier alpha value is -2.51. The van der Waals surface area contributed by atoms with Crippen LogP contribution in [0.15, 0.2) is 12.2 Å². The van der Waals surface area contributed by atoms with E-state index in [1.165, 1.54) is 6.92 Å². The van der Waals surface area contributed by atoms with Crippen LogP contribution in [-0.2, 0) is 24.0 Å². The lowest BCUT2D eigenvalue weighted by Gasteiger charge is -2.23. The molecule has 0 saturated carbocycles. The van der Waals surface area contributed by atoms with Crippen LogP contribution in [0.4, 0.5) is 0 Å². The lowest BCUT2D eigenvalue weighted by Crippen LogP contribution is -2.53. The van der Waals surface area contributed by atoms with Crippen molar-refractivity contribution in [3.63, 3.8) is 0 Å². The number of nitrogens with one attached hydrogen (secondary N) is 2. The molecule has 132 valence electrons. The van der Waals surface area contributed by atoms with E-state index >= 15 is 0 Å². The summed E-state index contributed by atoms with van der Waals surface area (Å²) >= 11 is 0. The Balaban J connectivity index is 2.57. The summed E-state index contributed by atoms with van der Waals surface area (Å²) in [5, 5.41) is 5.13. The SMILES string of the molecule is CC(=O)[C@H](C)NC(=O)C(NC(=O)CCN1C(=O)C=CC1=O)C(C)C. The topological polar surface area (TPSA) is 113 Å². The van der Waals surface area contributed by atoms with Crippen LogP contribution >= 0.6 is 0 Å². The van der Waals surface area contributed by atoms with Gasteiger partial charge in [-0.1, -0.05) is 13.8 Å². The third kappa shape index (κ3) is 5.29. The van der Waals surface area contributed by atoms with Crippen LogP contribution in [0.2, 0.25) is 0 Å². The Labute approximate surface area is 140 Å². The van der Waals surface area contributed by atoms with Crippen molar-refractivity contribution in [2.75, 3.05) is 6.54 Å². The largest absolute Gasteiger partial charge is 0.345 e. The molecule has 24 heavy (non-hydrogen) atoms. The average Bonchev–Trinajstić information content (AvgIpc) is 2.80. The Kier molecular flexibility index (Phi) is 6.82. The molecule has 2 atom stereocenters. The Morgan fingerprint density at radius 1 is 1.04 bits per heavy atom. The highest BCUT2D eigenvalue weighted by atomic mass is 16.2. The molecule has 0 fully saturated rings. The zero-order chi connectivity index (χ0) is 18.4. The number of hydrogen-bond acceptors (Lipinski definition) is 5. The molecule has 1 unspecified atom stereocenters. The van der Waals surface area contributed by atoms with Crippen LogP contribution in [0.5, 0.6) is 0 Å². The molecular weight excluding hydrogens is 314 g/mol. The van der Waals surface area contributed by atoms with E-state index < -0.39 is 35.7 Å². The third-order valence-corrected chi connectivity index (χ3v) is 3.70. The zero-order valence-electron chi connectivity index (χ0n) is 14.3. The normalized spacial score (nSPS) is 16.3. The number of imide groups is 1. The summed E-state index contributed by atoms with van der Waals surface area (Å²) < 4.78 is 0. The second-order valence-electron chi connectivity index (χ2n) is 6.04. The highest BCUT2D eigenvalue weighted by Crippen LogP contribution is 2.06. The fraction of sp³-hybridized carbons (Fsp3) is 0.562. The molecule has 0 aromatic heterocycles. The first-order valence-corrected chi connectivity index (χ1v) is 7.77. The van der Waals surface area contributed by atoms with E-state index in [1.807, 2.05) is 0 Å². The Bertz CT molecular complexity index is 564. The van der Waals surface area contributed by atoms with Gasteiger partial charge >= 0.3 is 0 Å². The number of amides is 4. The molecular formula is C16H23N3O5. The van der Waals surface area contributed by atoms with Gasteiger partial charge in [0.2, 0.25) is 11.8 Å². The van der Waals surface area contributed by atoms with Crippen LogP contribution in [0.25, 0.3) is 0 Å². The first-order valence-electron chi connectivity index (χ1n) is 7.77. The van der Waals surface area contributed by atoms with Gasteiger partial charge in [0.25, 0.3) is 11.8 Å². The molecule has 0 aromatic rings. The van der Waals surface area contributed by atoms with E-state index in [0.717, 1.165) is 17.1 Å². The quantitative estimate of drug-likeness (QED) is 0.582. The van der Waals surface area contributed by atoms with Crippen LogP contribution in [0.1, 0.15) is 34.1 Å². The molecule has 1 aliphatic rings. The Morgan fingerprint density at radius 2 is 1.58 bits per heavy atom. The second kappa shape index (κ2) is 8.37. The van der Waals surface area contributed by atoms with Crippen molar-refractivity contribution in [3.8, 4) is 0 Å². The fourth-order valence-electron chi connectivity index (χ4n) is 2.05. The van der Waals surface area contributed by atoms with E-state index in [0.29, 0.717) is 0 Å². The first kappa shape index (κ1) is 19.5. The van der Waals surface area contributed by atoms with Gasteiger partial charge in [-0.3, -0.25) is 28.9 Å². The van der Waals surface area contributed by atoms with Crippen LogP contribution in [0, 0.1) is 5.92 Å². The lowest BCUT2D eigenvalue weighted by atomic mass is 10.0. The molecule has 2 N–H and O–H groups in total. The number of carbonyl (C=O) groups is 5. The number of ketones is 1. The summed E-state index contributed by atoms with van der Waals surface area (Å²) in [5.41, 5.74) is 0. The molecule has 4 amide bonds. The number of Topliss-reactive ketones (excluding diaryl/α,β-unsaturated/α-hetero) is 1. The van der Waals surface area contributed by atoms with Crippen molar-refractivity contribution in [2.24, 2.45) is 5.92 Å². The van der Waals surface area contributed by atoms with E-state index in [1.54, 1.807) is 20.8 Å². The molecule has 0 spiro atoms. The monoisotopic (exact) mass is 337 g/mol. The number of carbonyl (C=O) groups excluding carboxylic acids is 5. The van der Waals surface area contributed by atoms with E-state index in [2.05, 4.69) is 10.6 Å². The van der Waals surface area contributed by atoms with Crippen LogP contribution in [-0.4, -0.2) is 52.9 Å². The van der Waals surface area contributed by atoms with Gasteiger partial charge in [0.15, 0.2) is 5.78 Å². The van der Waals surface area contributed by atoms with Gasteiger partial charge in [0, 0.05) is 25.1 Å². The molecule has 8 nitrogen and oxygen atoms in total. The first-order chi connectivity index (χ1) is 11.1. The van der Waals surface area contributed by atoms with Crippen molar-refractivity contribution in [3.05, 3.63) is 12.2 Å². The molecule has 8 heteroatoms. The summed E-state index contributed by atoms with van der Waals surface area (Å²) in [6, 6.07) is -1.44. The van der Waals surface area contributed by atoms with Gasteiger partial charge in [0.1, 0.15) is 6.04 Å². The maximum absolute atomic E-state index is 12.2. The molecule has 1 heterocycles. The fourth-order valence-corrected chi connectivity index (χ4v) is 2.05. The minimum atomic E-state index is -0.803. The van der Waals surface area contributed by atoms with E-state index in [-0.39, 0.29) is 24.7 Å². The van der Waals surface area contributed by atoms with Gasteiger partial charge < -0.3 is 10.6 Å². The smallest absolute Gasteiger partial charge is 0.253 e. The summed E-state index contributed by atoms with van der Waals surface area (Å²) in [4.78, 5) is 59.2. The summed E-state index contributed by atoms with van der Waals surface area (Å²) in [5.74, 6) is -2.19. The van der Waals surface area contributed by atoms with Crippen molar-refractivity contribution < 1.29 is 24.0 Å². The van der Waals surface area contributed by atoms with Gasteiger partial charge in [-0.05, 0) is 19.8 Å². The molecule has 0 aromatic carbocycles. The summed E-state index contributed by atoms with van der Waals surface area (Å²) in [6.07, 6.45) is 2.19. The zero-order valence-corrected chi connectivity index (χ0v) is 14.3. The Morgan fingerprint density at radius 3 is 2.04 bits per heavy atom. The van der Waals surface area contributed by atoms with Crippen molar-refractivity contribution >= 4 is 29.4 Å². The minimum absolute atomic E-state index is 0.0488. The molecule has 1 rings (SSSR count). The van der Waals surface area contributed by atoms with Crippen molar-refractivity contribution in [2.45, 2.75) is 46.2 Å². The molecule has 0 radical (unpaired) electrons. The van der Waals surface area contributed by atoms with Crippen molar-refractivity contribution in [1.82, 2.24) is 15.5 Å². The average molecular weight is 337 g/mol. The van der Waals surface area contributed by atoms with E-state index in [9.17, 15) is 24.0 Å². The molecule has 0 aliphatic carbocycles. The number of hydrogen-bond donors (Lipinski definition) is 2. The third-order valence-electron chi connectivity index (χ3n) is 3.70. The number of rotatable bonds is 8. The van der Waals surface area contributed by atoms with Gasteiger partial charge in [-0.15, -0.1) is 0 Å². The highest BCUT2D eigenvalue weighted by Gasteiger charge is 2.27. The van der Waals surface area contributed by atoms with Gasteiger partial charge in [-0.25, -0.2) is 0 Å². The van der Waals surface area contributed by atoms with Gasteiger partial charge in [0.05, 0.1) is 6.04 Å². The minimum Gasteiger partial charge on any atom is -0.345 e. The summed E-state index contributed by atoms with van der Waals surface area (Å²) in [6.45, 7) is 6.41. The predicted molar refractivity (Wildman–Crippen MR) is 85.5 cm³/mol.